The summed E-state index contributed by atoms with van der Waals surface area (Å²) in [5, 5.41) is 5.66. The number of halogens is 3. The second kappa shape index (κ2) is 8.88. The number of carbonyl (C=O) groups is 1. The van der Waals surface area contributed by atoms with E-state index in [0.29, 0.717) is 35.4 Å². The van der Waals surface area contributed by atoms with Crippen molar-refractivity contribution in [1.29, 1.82) is 0 Å². The third kappa shape index (κ3) is 4.89. The smallest absolute Gasteiger partial charge is 0.316 e. The minimum Gasteiger partial charge on any atom is -0.463 e. The van der Waals surface area contributed by atoms with Crippen LogP contribution in [0, 0.1) is 11.6 Å². The Hall–Kier alpha value is -2.87. The first-order valence-electron chi connectivity index (χ1n) is 8.54. The SMILES string of the molecule is C=C(CCCOc1ncc(Cl)cn1)C(=O)N1N=CCC1c1cc(F)cc(F)c1. The zero-order chi connectivity index (χ0) is 20.1. The van der Waals surface area contributed by atoms with Crippen LogP contribution in [0.3, 0.4) is 0 Å². The van der Waals surface area contributed by atoms with E-state index in [1.807, 2.05) is 0 Å². The summed E-state index contributed by atoms with van der Waals surface area (Å²) in [6.45, 7) is 4.09. The molecular formula is C19H17ClF2N4O2. The largest absolute Gasteiger partial charge is 0.463 e. The molecule has 0 bridgehead atoms. The van der Waals surface area contributed by atoms with Gasteiger partial charge in [0.05, 0.1) is 30.1 Å². The molecule has 1 aliphatic rings. The molecule has 28 heavy (non-hydrogen) atoms. The second-order valence-electron chi connectivity index (χ2n) is 6.14. The van der Waals surface area contributed by atoms with E-state index >= 15 is 0 Å². The van der Waals surface area contributed by atoms with Crippen LogP contribution in [0.25, 0.3) is 0 Å². The molecule has 1 aliphatic heterocycles. The van der Waals surface area contributed by atoms with E-state index in [0.717, 1.165) is 6.07 Å². The number of hydrogen-bond donors (Lipinski definition) is 0. The lowest BCUT2D eigenvalue weighted by atomic mass is 10.0. The van der Waals surface area contributed by atoms with Gasteiger partial charge in [0.25, 0.3) is 5.91 Å². The van der Waals surface area contributed by atoms with E-state index in [-0.39, 0.29) is 12.6 Å². The summed E-state index contributed by atoms with van der Waals surface area (Å²) < 4.78 is 32.4. The number of ether oxygens (including phenoxy) is 1. The number of aromatic nitrogens is 2. The standard InChI is InChI=1S/C19H17ClF2N4O2/c1-12(3-2-6-28-19-23-10-14(20)11-24-19)18(27)26-17(4-5-25-26)13-7-15(21)9-16(22)8-13/h5,7-11,17H,1-4,6H2. The van der Waals surface area contributed by atoms with Crippen molar-refractivity contribution in [3.8, 4) is 6.01 Å². The van der Waals surface area contributed by atoms with Crippen LogP contribution >= 0.6 is 11.6 Å². The molecule has 1 aromatic carbocycles. The second-order valence-corrected chi connectivity index (χ2v) is 6.58. The Labute approximate surface area is 165 Å². The normalized spacial score (nSPS) is 15.7. The summed E-state index contributed by atoms with van der Waals surface area (Å²) in [5.74, 6) is -1.80. The molecule has 1 unspecified atom stereocenters. The number of hydrogen-bond acceptors (Lipinski definition) is 5. The van der Waals surface area contributed by atoms with Gasteiger partial charge in [-0.2, -0.15) is 5.10 Å². The van der Waals surface area contributed by atoms with Gasteiger partial charge in [-0.05, 0) is 30.5 Å². The van der Waals surface area contributed by atoms with Gasteiger partial charge in [0.1, 0.15) is 11.6 Å². The fourth-order valence-electron chi connectivity index (χ4n) is 2.75. The van der Waals surface area contributed by atoms with Crippen LogP contribution in [-0.2, 0) is 4.79 Å². The fraction of sp³-hybridized carbons (Fsp3) is 0.263. The Morgan fingerprint density at radius 3 is 2.61 bits per heavy atom. The van der Waals surface area contributed by atoms with Gasteiger partial charge in [-0.15, -0.1) is 0 Å². The molecule has 3 rings (SSSR count). The van der Waals surface area contributed by atoms with Crippen molar-refractivity contribution < 1.29 is 18.3 Å². The van der Waals surface area contributed by atoms with Crippen molar-refractivity contribution in [3.05, 3.63) is 65.0 Å². The number of benzene rings is 1. The lowest BCUT2D eigenvalue weighted by Crippen LogP contribution is -2.28. The number of hydrazone groups is 1. The van der Waals surface area contributed by atoms with Gasteiger partial charge in [-0.1, -0.05) is 18.2 Å². The molecule has 0 saturated carbocycles. The summed E-state index contributed by atoms with van der Waals surface area (Å²) >= 11 is 5.70. The average Bonchev–Trinajstić information content (AvgIpc) is 3.15. The van der Waals surface area contributed by atoms with E-state index in [9.17, 15) is 13.6 Å². The summed E-state index contributed by atoms with van der Waals surface area (Å²) in [4.78, 5) is 20.5. The molecule has 0 saturated heterocycles. The van der Waals surface area contributed by atoms with Crippen molar-refractivity contribution in [2.45, 2.75) is 25.3 Å². The molecule has 1 aromatic heterocycles. The predicted molar refractivity (Wildman–Crippen MR) is 100.0 cm³/mol. The molecule has 146 valence electrons. The minimum atomic E-state index is -0.699. The molecular weight excluding hydrogens is 390 g/mol. The Balaban J connectivity index is 1.54. The lowest BCUT2D eigenvalue weighted by Gasteiger charge is -2.23. The fourth-order valence-corrected chi connectivity index (χ4v) is 2.84. The maximum Gasteiger partial charge on any atom is 0.316 e. The molecule has 1 amide bonds. The summed E-state index contributed by atoms with van der Waals surface area (Å²) in [7, 11) is 0. The Morgan fingerprint density at radius 1 is 1.25 bits per heavy atom. The van der Waals surface area contributed by atoms with Crippen LogP contribution in [0.2, 0.25) is 5.02 Å². The van der Waals surface area contributed by atoms with Gasteiger partial charge >= 0.3 is 6.01 Å². The lowest BCUT2D eigenvalue weighted by molar-refractivity contribution is -0.129. The highest BCUT2D eigenvalue weighted by Crippen LogP contribution is 2.30. The molecule has 0 spiro atoms. The molecule has 0 radical (unpaired) electrons. The van der Waals surface area contributed by atoms with Crippen LogP contribution in [0.4, 0.5) is 8.78 Å². The van der Waals surface area contributed by atoms with Crippen molar-refractivity contribution in [2.75, 3.05) is 6.61 Å². The van der Waals surface area contributed by atoms with Crippen LogP contribution in [0.5, 0.6) is 6.01 Å². The van der Waals surface area contributed by atoms with Crippen molar-refractivity contribution in [2.24, 2.45) is 5.10 Å². The highest BCUT2D eigenvalue weighted by Gasteiger charge is 2.30. The minimum absolute atomic E-state index is 0.193. The zero-order valence-electron chi connectivity index (χ0n) is 14.8. The first-order valence-corrected chi connectivity index (χ1v) is 8.92. The summed E-state index contributed by atoms with van der Waals surface area (Å²) in [6, 6.07) is 2.82. The average molecular weight is 407 g/mol. The topological polar surface area (TPSA) is 67.7 Å². The van der Waals surface area contributed by atoms with Gasteiger partial charge in [0.15, 0.2) is 0 Å². The van der Waals surface area contributed by atoms with Crippen LogP contribution < -0.4 is 4.74 Å². The van der Waals surface area contributed by atoms with E-state index in [1.54, 1.807) is 6.21 Å². The number of rotatable bonds is 7. The van der Waals surface area contributed by atoms with Gasteiger partial charge in [-0.3, -0.25) is 4.79 Å². The van der Waals surface area contributed by atoms with E-state index in [2.05, 4.69) is 21.6 Å². The molecule has 6 nitrogen and oxygen atoms in total. The maximum atomic E-state index is 13.5. The van der Waals surface area contributed by atoms with Gasteiger partial charge < -0.3 is 4.74 Å². The molecule has 2 heterocycles. The van der Waals surface area contributed by atoms with Crippen molar-refractivity contribution in [1.82, 2.24) is 15.0 Å². The number of carbonyl (C=O) groups excluding carboxylic acids is 1. The molecule has 0 aliphatic carbocycles. The molecule has 0 N–H and O–H groups in total. The molecule has 1 atom stereocenters. The van der Waals surface area contributed by atoms with Crippen LogP contribution in [0.1, 0.15) is 30.9 Å². The van der Waals surface area contributed by atoms with E-state index in [1.165, 1.54) is 29.5 Å². The Morgan fingerprint density at radius 2 is 1.93 bits per heavy atom. The molecule has 2 aromatic rings. The maximum absolute atomic E-state index is 13.5. The Bertz CT molecular complexity index is 885. The number of amides is 1. The highest BCUT2D eigenvalue weighted by molar-refractivity contribution is 6.30. The van der Waals surface area contributed by atoms with Crippen molar-refractivity contribution >= 4 is 23.7 Å². The number of nitrogens with zero attached hydrogens (tertiary/aromatic N) is 4. The third-order valence-electron chi connectivity index (χ3n) is 4.06. The molecule has 9 heteroatoms. The molecule has 0 fully saturated rings. The van der Waals surface area contributed by atoms with Crippen LogP contribution in [-0.4, -0.2) is 33.7 Å². The van der Waals surface area contributed by atoms with Gasteiger partial charge in [0, 0.05) is 24.3 Å². The van der Waals surface area contributed by atoms with Crippen molar-refractivity contribution in [3.63, 3.8) is 0 Å². The predicted octanol–water partition coefficient (Wildman–Crippen LogP) is 4.08. The van der Waals surface area contributed by atoms with Gasteiger partial charge in [0.2, 0.25) is 0 Å². The summed E-state index contributed by atoms with van der Waals surface area (Å²) in [6.07, 6.45) is 5.63. The van der Waals surface area contributed by atoms with E-state index in [4.69, 9.17) is 16.3 Å². The first-order chi connectivity index (χ1) is 13.4. The summed E-state index contributed by atoms with van der Waals surface area (Å²) in [5.41, 5.74) is 0.668. The van der Waals surface area contributed by atoms with Crippen LogP contribution in [0.15, 0.2) is 47.8 Å². The van der Waals surface area contributed by atoms with E-state index < -0.39 is 23.6 Å². The quantitative estimate of drug-likeness (QED) is 0.513. The highest BCUT2D eigenvalue weighted by atomic mass is 35.5. The monoisotopic (exact) mass is 406 g/mol. The third-order valence-corrected chi connectivity index (χ3v) is 4.26. The Kier molecular flexibility index (Phi) is 6.30. The first kappa shape index (κ1) is 19.9. The van der Waals surface area contributed by atoms with Gasteiger partial charge in [-0.25, -0.2) is 23.8 Å². The zero-order valence-corrected chi connectivity index (χ0v) is 15.6.